The Labute approximate surface area is 160 Å². The molecule has 8 heteroatoms. The third-order valence-corrected chi connectivity index (χ3v) is 4.54. The Morgan fingerprint density at radius 1 is 0.840 bits per heavy atom. The van der Waals surface area contributed by atoms with Gasteiger partial charge in [-0.2, -0.15) is 23.5 Å². The molecule has 0 rings (SSSR count). The van der Waals surface area contributed by atoms with Crippen molar-refractivity contribution >= 4 is 35.5 Å². The average Bonchev–Trinajstić information content (AvgIpc) is 2.59. The van der Waals surface area contributed by atoms with Crippen molar-refractivity contribution in [1.82, 2.24) is 0 Å². The van der Waals surface area contributed by atoms with Gasteiger partial charge in [-0.3, -0.25) is 9.59 Å². The summed E-state index contributed by atoms with van der Waals surface area (Å²) in [7, 11) is 1.58. The van der Waals surface area contributed by atoms with Crippen LogP contribution in [0.1, 0.15) is 32.1 Å². The summed E-state index contributed by atoms with van der Waals surface area (Å²) in [5.41, 5.74) is 0. The smallest absolute Gasteiger partial charge is 0.305 e. The molecule has 0 saturated heterocycles. The molecule has 0 N–H and O–H groups in total. The first kappa shape index (κ1) is 24.6. The molecule has 0 fully saturated rings. The minimum absolute atomic E-state index is 0.165. The van der Waals surface area contributed by atoms with Gasteiger partial charge in [0.1, 0.15) is 12.7 Å². The SMILES string of the molecule is COCC(COC(=O)CCCSC)OCCCOC(=O)CCCSC. The Hall–Kier alpha value is -0.440. The molecule has 0 spiro atoms. The number of esters is 2. The van der Waals surface area contributed by atoms with E-state index in [1.54, 1.807) is 30.6 Å². The summed E-state index contributed by atoms with van der Waals surface area (Å²) in [6, 6.07) is 0. The topological polar surface area (TPSA) is 71.1 Å². The number of thioether (sulfide) groups is 2. The maximum Gasteiger partial charge on any atom is 0.305 e. The van der Waals surface area contributed by atoms with Gasteiger partial charge >= 0.3 is 11.9 Å². The first-order chi connectivity index (χ1) is 12.1. The van der Waals surface area contributed by atoms with Gasteiger partial charge in [-0.25, -0.2) is 0 Å². The van der Waals surface area contributed by atoms with Crippen molar-refractivity contribution in [2.24, 2.45) is 0 Å². The van der Waals surface area contributed by atoms with Crippen molar-refractivity contribution in [2.75, 3.05) is 57.6 Å². The number of ether oxygens (including phenoxy) is 4. The molecule has 1 atom stereocenters. The summed E-state index contributed by atoms with van der Waals surface area (Å²) in [6.07, 6.45) is 6.87. The fourth-order valence-corrected chi connectivity index (χ4v) is 2.74. The van der Waals surface area contributed by atoms with Crippen LogP contribution in [0.3, 0.4) is 0 Å². The lowest BCUT2D eigenvalue weighted by Crippen LogP contribution is -2.27. The zero-order chi connectivity index (χ0) is 18.8. The second-order valence-corrected chi connectivity index (χ2v) is 7.37. The van der Waals surface area contributed by atoms with Crippen LogP contribution in [0.25, 0.3) is 0 Å². The molecular weight excluding hydrogens is 364 g/mol. The zero-order valence-electron chi connectivity index (χ0n) is 15.6. The highest BCUT2D eigenvalue weighted by molar-refractivity contribution is 7.98. The Kier molecular flexibility index (Phi) is 18.0. The highest BCUT2D eigenvalue weighted by Crippen LogP contribution is 2.04. The first-order valence-electron chi connectivity index (χ1n) is 8.53. The lowest BCUT2D eigenvalue weighted by atomic mass is 10.3. The molecule has 0 aliphatic heterocycles. The van der Waals surface area contributed by atoms with Crippen LogP contribution in [0.4, 0.5) is 0 Å². The molecule has 0 aliphatic rings. The van der Waals surface area contributed by atoms with Crippen molar-refractivity contribution in [3.8, 4) is 0 Å². The van der Waals surface area contributed by atoms with E-state index in [-0.39, 0.29) is 24.6 Å². The second kappa shape index (κ2) is 18.4. The van der Waals surface area contributed by atoms with Crippen molar-refractivity contribution in [3.05, 3.63) is 0 Å². The summed E-state index contributed by atoms with van der Waals surface area (Å²) >= 11 is 3.43. The van der Waals surface area contributed by atoms with Crippen LogP contribution >= 0.6 is 23.5 Å². The van der Waals surface area contributed by atoms with E-state index in [1.807, 2.05) is 12.5 Å². The summed E-state index contributed by atoms with van der Waals surface area (Å²) in [6.45, 7) is 1.30. The third-order valence-electron chi connectivity index (χ3n) is 3.15. The fraction of sp³-hybridized carbons (Fsp3) is 0.882. The lowest BCUT2D eigenvalue weighted by molar-refractivity contribution is -0.150. The molecule has 0 aromatic carbocycles. The normalized spacial score (nSPS) is 12.0. The molecule has 0 heterocycles. The Bertz CT molecular complexity index is 341. The van der Waals surface area contributed by atoms with E-state index in [9.17, 15) is 9.59 Å². The number of carbonyl (C=O) groups is 2. The Morgan fingerprint density at radius 2 is 1.44 bits per heavy atom. The minimum Gasteiger partial charge on any atom is -0.466 e. The number of hydrogen-bond donors (Lipinski definition) is 0. The van der Waals surface area contributed by atoms with E-state index in [2.05, 4.69) is 0 Å². The van der Waals surface area contributed by atoms with Crippen LogP contribution in [-0.4, -0.2) is 75.6 Å². The van der Waals surface area contributed by atoms with Crippen LogP contribution in [0.15, 0.2) is 0 Å². The Balaban J connectivity index is 3.74. The summed E-state index contributed by atoms with van der Waals surface area (Å²) in [5, 5.41) is 0. The lowest BCUT2D eigenvalue weighted by Gasteiger charge is -2.17. The fourth-order valence-electron chi connectivity index (χ4n) is 1.88. The number of carbonyl (C=O) groups excluding carboxylic acids is 2. The van der Waals surface area contributed by atoms with Crippen LogP contribution in [0, 0.1) is 0 Å². The van der Waals surface area contributed by atoms with Gasteiger partial charge in [0.2, 0.25) is 0 Å². The molecule has 0 amide bonds. The highest BCUT2D eigenvalue weighted by atomic mass is 32.2. The minimum atomic E-state index is -0.299. The van der Waals surface area contributed by atoms with E-state index in [4.69, 9.17) is 18.9 Å². The third kappa shape index (κ3) is 16.8. The molecular formula is C17H32O6S2. The monoisotopic (exact) mass is 396 g/mol. The molecule has 6 nitrogen and oxygen atoms in total. The molecule has 0 aromatic rings. The summed E-state index contributed by atoms with van der Waals surface area (Å²) < 4.78 is 21.1. The maximum absolute atomic E-state index is 11.6. The Morgan fingerprint density at radius 3 is 2.00 bits per heavy atom. The molecule has 25 heavy (non-hydrogen) atoms. The van der Waals surface area contributed by atoms with Gasteiger partial charge in [-0.1, -0.05) is 0 Å². The van der Waals surface area contributed by atoms with Crippen molar-refractivity contribution in [1.29, 1.82) is 0 Å². The molecule has 0 bridgehead atoms. The molecule has 148 valence electrons. The van der Waals surface area contributed by atoms with E-state index >= 15 is 0 Å². The quantitative estimate of drug-likeness (QED) is 0.275. The second-order valence-electron chi connectivity index (χ2n) is 5.40. The van der Waals surface area contributed by atoms with Crippen molar-refractivity contribution < 1.29 is 28.5 Å². The molecule has 1 unspecified atom stereocenters. The van der Waals surface area contributed by atoms with Gasteiger partial charge in [0.05, 0.1) is 19.8 Å². The van der Waals surface area contributed by atoms with Gasteiger partial charge in [0.25, 0.3) is 0 Å². The standard InChI is InChI=1S/C17H32O6S2/c1-20-13-15(14-23-17(19)8-5-12-25-3)21-9-6-10-22-16(18)7-4-11-24-2/h15H,4-14H2,1-3H3. The molecule has 0 radical (unpaired) electrons. The predicted molar refractivity (Wildman–Crippen MR) is 103 cm³/mol. The predicted octanol–water partition coefficient (Wildman–Crippen LogP) is 2.78. The number of methoxy groups -OCH3 is 1. The van der Waals surface area contributed by atoms with Gasteiger partial charge in [0, 0.05) is 26.4 Å². The van der Waals surface area contributed by atoms with Gasteiger partial charge in [-0.15, -0.1) is 0 Å². The van der Waals surface area contributed by atoms with Crippen LogP contribution < -0.4 is 0 Å². The number of rotatable bonds is 17. The van der Waals surface area contributed by atoms with Crippen molar-refractivity contribution in [2.45, 2.75) is 38.2 Å². The highest BCUT2D eigenvalue weighted by Gasteiger charge is 2.12. The molecule has 0 saturated carbocycles. The van der Waals surface area contributed by atoms with Crippen LogP contribution in [-0.2, 0) is 28.5 Å². The molecule has 0 aromatic heterocycles. The van der Waals surface area contributed by atoms with E-state index < -0.39 is 0 Å². The van der Waals surface area contributed by atoms with E-state index in [0.717, 1.165) is 24.3 Å². The number of hydrogen-bond acceptors (Lipinski definition) is 8. The maximum atomic E-state index is 11.6. The van der Waals surface area contributed by atoms with Crippen LogP contribution in [0.2, 0.25) is 0 Å². The van der Waals surface area contributed by atoms with E-state index in [0.29, 0.717) is 39.1 Å². The average molecular weight is 397 g/mol. The van der Waals surface area contributed by atoms with Gasteiger partial charge < -0.3 is 18.9 Å². The van der Waals surface area contributed by atoms with E-state index in [1.165, 1.54) is 0 Å². The van der Waals surface area contributed by atoms with Crippen molar-refractivity contribution in [3.63, 3.8) is 0 Å². The molecule has 0 aliphatic carbocycles. The van der Waals surface area contributed by atoms with Gasteiger partial charge in [0.15, 0.2) is 0 Å². The first-order valence-corrected chi connectivity index (χ1v) is 11.3. The van der Waals surface area contributed by atoms with Gasteiger partial charge in [-0.05, 0) is 36.9 Å². The van der Waals surface area contributed by atoms with Crippen LogP contribution in [0.5, 0.6) is 0 Å². The largest absolute Gasteiger partial charge is 0.466 e. The summed E-state index contributed by atoms with van der Waals surface area (Å²) in [4.78, 5) is 23.1. The zero-order valence-corrected chi connectivity index (χ0v) is 17.3. The summed E-state index contributed by atoms with van der Waals surface area (Å²) in [5.74, 6) is 1.54.